The molecule has 0 saturated carbocycles. The molecule has 0 radical (unpaired) electrons. The first-order valence-electron chi connectivity index (χ1n) is 6.38. The smallest absolute Gasteiger partial charge is 0.335 e. The van der Waals surface area contributed by atoms with Gasteiger partial charge in [0.05, 0.1) is 5.56 Å². The second-order valence-electron chi connectivity index (χ2n) is 4.43. The molecule has 0 spiro atoms. The summed E-state index contributed by atoms with van der Waals surface area (Å²) in [5.41, 5.74) is 1.04. The van der Waals surface area contributed by atoms with Crippen LogP contribution >= 0.6 is 0 Å². The van der Waals surface area contributed by atoms with Crippen molar-refractivity contribution in [3.8, 4) is 5.75 Å². The Kier molecular flexibility index (Phi) is 4.34. The summed E-state index contributed by atoms with van der Waals surface area (Å²) in [4.78, 5) is 15.1. The Morgan fingerprint density at radius 1 is 1.45 bits per heavy atom. The summed E-state index contributed by atoms with van der Waals surface area (Å²) in [5, 5.41) is 12.8. The lowest BCUT2D eigenvalue weighted by atomic mass is 10.1. The van der Waals surface area contributed by atoms with Crippen LogP contribution in [-0.4, -0.2) is 21.2 Å². The zero-order valence-corrected chi connectivity index (χ0v) is 11.4. The highest BCUT2D eigenvalue weighted by Gasteiger charge is 2.10. The van der Waals surface area contributed by atoms with Crippen LogP contribution in [0.2, 0.25) is 0 Å². The van der Waals surface area contributed by atoms with Crippen LogP contribution in [0.5, 0.6) is 5.75 Å². The fourth-order valence-electron chi connectivity index (χ4n) is 1.70. The largest absolute Gasteiger partial charge is 0.485 e. The molecule has 0 aliphatic heterocycles. The molecule has 106 valence electrons. The molecular formula is C14H16N2O4. The van der Waals surface area contributed by atoms with E-state index in [1.54, 1.807) is 6.07 Å². The van der Waals surface area contributed by atoms with Crippen molar-refractivity contribution in [2.45, 2.75) is 33.3 Å². The maximum Gasteiger partial charge on any atom is 0.335 e. The molecule has 1 aromatic carbocycles. The van der Waals surface area contributed by atoms with Gasteiger partial charge in [-0.15, -0.1) is 0 Å². The third-order valence-electron chi connectivity index (χ3n) is 2.77. The van der Waals surface area contributed by atoms with Crippen molar-refractivity contribution in [1.29, 1.82) is 0 Å². The van der Waals surface area contributed by atoms with E-state index in [1.165, 1.54) is 12.1 Å². The predicted molar refractivity (Wildman–Crippen MR) is 70.8 cm³/mol. The molecule has 0 aliphatic rings. The number of benzene rings is 1. The van der Waals surface area contributed by atoms with E-state index in [0.29, 0.717) is 17.5 Å². The summed E-state index contributed by atoms with van der Waals surface area (Å²) in [5.74, 6) is 0.557. The quantitative estimate of drug-likeness (QED) is 0.872. The molecule has 0 unspecified atom stereocenters. The number of aromatic nitrogens is 2. The first-order valence-corrected chi connectivity index (χ1v) is 6.38. The van der Waals surface area contributed by atoms with Crippen molar-refractivity contribution in [2.75, 3.05) is 0 Å². The number of nitrogens with zero attached hydrogens (tertiary/aromatic N) is 2. The molecule has 0 atom stereocenters. The molecule has 0 saturated heterocycles. The van der Waals surface area contributed by atoms with Gasteiger partial charge in [-0.25, -0.2) is 4.79 Å². The molecule has 1 heterocycles. The van der Waals surface area contributed by atoms with Crippen molar-refractivity contribution >= 4 is 5.97 Å². The SMILES string of the molecule is CCCc1nc(COc2cc(C(=O)O)ccc2C)no1. The Balaban J connectivity index is 2.05. The van der Waals surface area contributed by atoms with Gasteiger partial charge < -0.3 is 14.4 Å². The van der Waals surface area contributed by atoms with Crippen LogP contribution in [0.3, 0.4) is 0 Å². The van der Waals surface area contributed by atoms with Crippen LogP contribution in [0.25, 0.3) is 0 Å². The average molecular weight is 276 g/mol. The van der Waals surface area contributed by atoms with Gasteiger partial charge in [0.15, 0.2) is 6.61 Å². The number of aryl methyl sites for hydroxylation is 2. The van der Waals surface area contributed by atoms with Crippen molar-refractivity contribution in [2.24, 2.45) is 0 Å². The van der Waals surface area contributed by atoms with Gasteiger partial charge in [-0.1, -0.05) is 18.1 Å². The number of hydrogen-bond donors (Lipinski definition) is 1. The normalized spacial score (nSPS) is 10.5. The lowest BCUT2D eigenvalue weighted by molar-refractivity contribution is 0.0696. The van der Waals surface area contributed by atoms with Gasteiger partial charge in [-0.2, -0.15) is 4.98 Å². The molecule has 6 heteroatoms. The fourth-order valence-corrected chi connectivity index (χ4v) is 1.70. The maximum absolute atomic E-state index is 10.9. The van der Waals surface area contributed by atoms with Crippen LogP contribution in [0.15, 0.2) is 22.7 Å². The van der Waals surface area contributed by atoms with Crippen LogP contribution in [0.4, 0.5) is 0 Å². The first-order chi connectivity index (χ1) is 9.60. The van der Waals surface area contributed by atoms with Crippen LogP contribution in [0.1, 0.15) is 41.0 Å². The Morgan fingerprint density at radius 2 is 2.25 bits per heavy atom. The van der Waals surface area contributed by atoms with Gasteiger partial charge in [0.1, 0.15) is 5.75 Å². The summed E-state index contributed by atoms with van der Waals surface area (Å²) >= 11 is 0. The van der Waals surface area contributed by atoms with E-state index < -0.39 is 5.97 Å². The summed E-state index contributed by atoms with van der Waals surface area (Å²) in [6, 6.07) is 4.74. The van der Waals surface area contributed by atoms with Crippen LogP contribution in [0, 0.1) is 6.92 Å². The molecule has 6 nitrogen and oxygen atoms in total. The topological polar surface area (TPSA) is 85.5 Å². The maximum atomic E-state index is 10.9. The summed E-state index contributed by atoms with van der Waals surface area (Å²) in [6.07, 6.45) is 1.67. The Hall–Kier alpha value is -2.37. The number of carboxylic acid groups (broad SMARTS) is 1. The van der Waals surface area contributed by atoms with E-state index in [-0.39, 0.29) is 12.2 Å². The van der Waals surface area contributed by atoms with Crippen LogP contribution in [-0.2, 0) is 13.0 Å². The van der Waals surface area contributed by atoms with Crippen molar-refractivity contribution < 1.29 is 19.2 Å². The zero-order chi connectivity index (χ0) is 14.5. The number of carboxylic acids is 1. The highest BCUT2D eigenvalue weighted by atomic mass is 16.5. The fraction of sp³-hybridized carbons (Fsp3) is 0.357. The van der Waals surface area contributed by atoms with Crippen LogP contribution < -0.4 is 4.74 Å². The van der Waals surface area contributed by atoms with Gasteiger partial charge in [0, 0.05) is 6.42 Å². The van der Waals surface area contributed by atoms with E-state index in [9.17, 15) is 4.79 Å². The summed E-state index contributed by atoms with van der Waals surface area (Å²) < 4.78 is 10.6. The minimum atomic E-state index is -0.986. The highest BCUT2D eigenvalue weighted by molar-refractivity contribution is 5.88. The second kappa shape index (κ2) is 6.18. The molecule has 0 amide bonds. The minimum absolute atomic E-state index is 0.150. The molecule has 0 fully saturated rings. The molecule has 0 bridgehead atoms. The van der Waals surface area contributed by atoms with Crippen molar-refractivity contribution in [1.82, 2.24) is 10.1 Å². The van der Waals surface area contributed by atoms with E-state index in [1.807, 2.05) is 13.8 Å². The molecule has 1 N–H and O–H groups in total. The molecule has 1 aromatic heterocycles. The predicted octanol–water partition coefficient (Wildman–Crippen LogP) is 2.61. The summed E-state index contributed by atoms with van der Waals surface area (Å²) in [7, 11) is 0. The standard InChI is InChI=1S/C14H16N2O4/c1-3-4-13-15-12(16-20-13)8-19-11-7-10(14(17)18)6-5-9(11)2/h5-7H,3-4,8H2,1-2H3,(H,17,18). The Morgan fingerprint density at radius 3 is 2.95 bits per heavy atom. The lowest BCUT2D eigenvalue weighted by Crippen LogP contribution is -2.02. The zero-order valence-electron chi connectivity index (χ0n) is 11.4. The van der Waals surface area contributed by atoms with Crippen molar-refractivity contribution in [3.63, 3.8) is 0 Å². The third kappa shape index (κ3) is 3.34. The molecule has 2 rings (SSSR count). The monoisotopic (exact) mass is 276 g/mol. The van der Waals surface area contributed by atoms with Gasteiger partial charge in [-0.05, 0) is 31.0 Å². The van der Waals surface area contributed by atoms with Gasteiger partial charge in [0.2, 0.25) is 11.7 Å². The molecule has 2 aromatic rings. The lowest BCUT2D eigenvalue weighted by Gasteiger charge is -2.07. The van der Waals surface area contributed by atoms with E-state index in [0.717, 1.165) is 18.4 Å². The van der Waals surface area contributed by atoms with Crippen molar-refractivity contribution in [3.05, 3.63) is 41.0 Å². The van der Waals surface area contributed by atoms with Gasteiger partial charge >= 0.3 is 5.97 Å². The highest BCUT2D eigenvalue weighted by Crippen LogP contribution is 2.20. The Bertz CT molecular complexity index is 607. The van der Waals surface area contributed by atoms with E-state index in [2.05, 4.69) is 10.1 Å². The third-order valence-corrected chi connectivity index (χ3v) is 2.77. The Labute approximate surface area is 116 Å². The first kappa shape index (κ1) is 14.0. The molecule has 20 heavy (non-hydrogen) atoms. The number of carbonyl (C=O) groups is 1. The van der Waals surface area contributed by atoms with Gasteiger partial charge in [-0.3, -0.25) is 0 Å². The summed E-state index contributed by atoms with van der Waals surface area (Å²) in [6.45, 7) is 4.03. The minimum Gasteiger partial charge on any atom is -0.485 e. The number of ether oxygens (including phenoxy) is 1. The molecule has 0 aliphatic carbocycles. The number of aromatic carboxylic acids is 1. The number of rotatable bonds is 6. The van der Waals surface area contributed by atoms with E-state index in [4.69, 9.17) is 14.4 Å². The molecular weight excluding hydrogens is 260 g/mol. The number of hydrogen-bond acceptors (Lipinski definition) is 5. The van der Waals surface area contributed by atoms with Gasteiger partial charge in [0.25, 0.3) is 0 Å². The second-order valence-corrected chi connectivity index (χ2v) is 4.43. The van der Waals surface area contributed by atoms with E-state index >= 15 is 0 Å². The average Bonchev–Trinajstić information content (AvgIpc) is 2.86.